The molecule has 0 saturated carbocycles. The number of hydrogen-bond acceptors (Lipinski definition) is 5. The van der Waals surface area contributed by atoms with Crippen LogP contribution in [0.4, 0.5) is 0 Å². The van der Waals surface area contributed by atoms with Gasteiger partial charge in [0.1, 0.15) is 18.1 Å². The van der Waals surface area contributed by atoms with E-state index in [1.54, 1.807) is 0 Å². The van der Waals surface area contributed by atoms with E-state index in [9.17, 15) is 19.2 Å². The Bertz CT molecular complexity index is 1390. The number of amides is 4. The zero-order valence-corrected chi connectivity index (χ0v) is 22.4. The molecule has 2 fully saturated rings. The van der Waals surface area contributed by atoms with Gasteiger partial charge in [0.05, 0.1) is 6.04 Å². The van der Waals surface area contributed by atoms with Crippen molar-refractivity contribution in [2.75, 3.05) is 13.1 Å². The van der Waals surface area contributed by atoms with E-state index in [1.165, 1.54) is 9.80 Å². The van der Waals surface area contributed by atoms with Gasteiger partial charge in [0.2, 0.25) is 23.6 Å². The lowest BCUT2D eigenvalue weighted by molar-refractivity contribution is -0.143. The first-order chi connectivity index (χ1) is 19.3. The molecule has 4 amide bonds. The molecule has 2 aliphatic heterocycles. The summed E-state index contributed by atoms with van der Waals surface area (Å²) in [5.41, 5.74) is 14.6. The van der Waals surface area contributed by atoms with Crippen LogP contribution in [0.3, 0.4) is 0 Å². The van der Waals surface area contributed by atoms with Gasteiger partial charge < -0.3 is 31.6 Å². The maximum absolute atomic E-state index is 13.8. The van der Waals surface area contributed by atoms with Crippen molar-refractivity contribution in [3.05, 3.63) is 71.9 Å². The summed E-state index contributed by atoms with van der Waals surface area (Å²) in [4.78, 5) is 59.0. The van der Waals surface area contributed by atoms with Crippen molar-refractivity contribution >= 4 is 34.5 Å². The van der Waals surface area contributed by atoms with Crippen LogP contribution in [0.1, 0.15) is 36.8 Å². The number of aromatic nitrogens is 1. The van der Waals surface area contributed by atoms with E-state index in [-0.39, 0.29) is 18.2 Å². The van der Waals surface area contributed by atoms with E-state index in [0.29, 0.717) is 45.2 Å². The predicted molar refractivity (Wildman–Crippen MR) is 151 cm³/mol. The van der Waals surface area contributed by atoms with Gasteiger partial charge in [-0.2, -0.15) is 0 Å². The first-order valence-electron chi connectivity index (χ1n) is 13.9. The number of nitrogens with one attached hydrogen (secondary N) is 2. The largest absolute Gasteiger partial charge is 0.368 e. The molecule has 1 aromatic heterocycles. The maximum Gasteiger partial charge on any atom is 0.246 e. The second-order valence-electron chi connectivity index (χ2n) is 10.7. The van der Waals surface area contributed by atoms with E-state index >= 15 is 0 Å². The molecule has 4 unspecified atom stereocenters. The Hall–Kier alpha value is -4.18. The van der Waals surface area contributed by atoms with Gasteiger partial charge in [0, 0.05) is 36.6 Å². The van der Waals surface area contributed by atoms with Crippen LogP contribution >= 0.6 is 0 Å². The van der Waals surface area contributed by atoms with Gasteiger partial charge in [-0.1, -0.05) is 48.5 Å². The summed E-state index contributed by atoms with van der Waals surface area (Å²) < 4.78 is 0. The SMILES string of the molecule is NC(=O)C1CCCN1C(=O)C(Cc1c[nH]c2ccccc12)NC(=O)C1CCCN1C(=O)C(N)Cc1ccccc1. The fourth-order valence-electron chi connectivity index (χ4n) is 5.99. The van der Waals surface area contributed by atoms with Crippen molar-refractivity contribution < 1.29 is 19.2 Å². The van der Waals surface area contributed by atoms with Crippen LogP contribution in [-0.2, 0) is 32.0 Å². The Morgan fingerprint density at radius 2 is 1.52 bits per heavy atom. The predicted octanol–water partition coefficient (Wildman–Crippen LogP) is 1.23. The molecule has 2 aromatic carbocycles. The number of hydrogen-bond donors (Lipinski definition) is 4. The Morgan fingerprint density at radius 3 is 2.25 bits per heavy atom. The Morgan fingerprint density at radius 1 is 0.875 bits per heavy atom. The summed E-state index contributed by atoms with van der Waals surface area (Å²) in [5, 5.41) is 3.89. The molecule has 5 rings (SSSR count). The van der Waals surface area contributed by atoms with Crippen LogP contribution in [0.25, 0.3) is 10.9 Å². The summed E-state index contributed by atoms with van der Waals surface area (Å²) in [6, 6.07) is 14.1. The highest BCUT2D eigenvalue weighted by Crippen LogP contribution is 2.24. The molecule has 4 atom stereocenters. The highest BCUT2D eigenvalue weighted by molar-refractivity contribution is 5.96. The Kier molecular flexibility index (Phi) is 8.16. The van der Waals surface area contributed by atoms with Gasteiger partial charge in [-0.3, -0.25) is 19.2 Å². The normalized spacial score (nSPS) is 20.4. The lowest BCUT2D eigenvalue weighted by atomic mass is 10.0. The number of benzene rings is 2. The fourth-order valence-corrected chi connectivity index (χ4v) is 5.99. The van der Waals surface area contributed by atoms with Crippen LogP contribution < -0.4 is 16.8 Å². The number of H-pyrrole nitrogens is 1. The number of primary amides is 1. The molecule has 210 valence electrons. The maximum atomic E-state index is 13.8. The minimum Gasteiger partial charge on any atom is -0.368 e. The topological polar surface area (TPSA) is 155 Å². The van der Waals surface area contributed by atoms with Crippen LogP contribution in [0.5, 0.6) is 0 Å². The molecule has 0 radical (unpaired) electrons. The summed E-state index contributed by atoms with van der Waals surface area (Å²) in [6.45, 7) is 0.825. The molecule has 10 heteroatoms. The second-order valence-corrected chi connectivity index (χ2v) is 10.7. The lowest BCUT2D eigenvalue weighted by Gasteiger charge is -2.31. The van der Waals surface area contributed by atoms with Gasteiger partial charge in [0.15, 0.2) is 0 Å². The van der Waals surface area contributed by atoms with Crippen LogP contribution in [-0.4, -0.2) is 75.7 Å². The van der Waals surface area contributed by atoms with Gasteiger partial charge in [-0.25, -0.2) is 0 Å². The molecule has 10 nitrogen and oxygen atoms in total. The number of nitrogens with zero attached hydrogens (tertiary/aromatic N) is 2. The van der Waals surface area contributed by atoms with E-state index < -0.39 is 36.0 Å². The average molecular weight is 545 g/mol. The molecular weight excluding hydrogens is 508 g/mol. The van der Waals surface area contributed by atoms with Crippen molar-refractivity contribution in [2.24, 2.45) is 11.5 Å². The van der Waals surface area contributed by atoms with E-state index in [2.05, 4.69) is 10.3 Å². The van der Waals surface area contributed by atoms with Crippen molar-refractivity contribution in [1.82, 2.24) is 20.1 Å². The molecular formula is C30H36N6O4. The van der Waals surface area contributed by atoms with Gasteiger partial charge >= 0.3 is 0 Å². The number of rotatable bonds is 9. The number of fused-ring (bicyclic) bond motifs is 1. The second kappa shape index (κ2) is 11.9. The number of nitrogens with two attached hydrogens (primary N) is 2. The molecule has 6 N–H and O–H groups in total. The molecule has 0 bridgehead atoms. The standard InChI is InChI=1S/C30H36N6O4/c31-22(16-19-8-2-1-3-9-19)29(39)36-15-7-13-26(36)28(38)34-24(30(40)35-14-6-12-25(35)27(32)37)17-20-18-33-23-11-5-4-10-21(20)23/h1-5,8-11,18,22,24-26,33H,6-7,12-17,31H2,(H2,32,37)(H,34,38). The Labute approximate surface area is 233 Å². The van der Waals surface area contributed by atoms with Gasteiger partial charge in [-0.15, -0.1) is 0 Å². The zero-order chi connectivity index (χ0) is 28.2. The molecule has 0 aliphatic carbocycles. The van der Waals surface area contributed by atoms with Gasteiger partial charge in [-0.05, 0) is 49.3 Å². The van der Waals surface area contributed by atoms with Crippen molar-refractivity contribution in [1.29, 1.82) is 0 Å². The number of carbonyl (C=O) groups is 4. The summed E-state index contributed by atoms with van der Waals surface area (Å²) in [7, 11) is 0. The monoisotopic (exact) mass is 544 g/mol. The van der Waals surface area contributed by atoms with Gasteiger partial charge in [0.25, 0.3) is 0 Å². The smallest absolute Gasteiger partial charge is 0.246 e. The van der Waals surface area contributed by atoms with E-state index in [0.717, 1.165) is 22.0 Å². The quantitative estimate of drug-likeness (QED) is 0.319. The number of carbonyl (C=O) groups excluding carboxylic acids is 4. The highest BCUT2D eigenvalue weighted by atomic mass is 16.2. The number of para-hydroxylation sites is 1. The third-order valence-electron chi connectivity index (χ3n) is 8.03. The van der Waals surface area contributed by atoms with E-state index in [1.807, 2.05) is 60.8 Å². The molecule has 2 aliphatic rings. The lowest BCUT2D eigenvalue weighted by Crippen LogP contribution is -2.57. The third kappa shape index (κ3) is 5.72. The number of likely N-dealkylation sites (tertiary alicyclic amines) is 2. The third-order valence-corrected chi connectivity index (χ3v) is 8.03. The van der Waals surface area contributed by atoms with Crippen molar-refractivity contribution in [3.8, 4) is 0 Å². The molecule has 40 heavy (non-hydrogen) atoms. The van der Waals surface area contributed by atoms with Crippen LogP contribution in [0.2, 0.25) is 0 Å². The summed E-state index contributed by atoms with van der Waals surface area (Å²) in [5.74, 6) is -1.58. The minimum absolute atomic E-state index is 0.227. The molecule has 2 saturated heterocycles. The van der Waals surface area contributed by atoms with Crippen molar-refractivity contribution in [3.63, 3.8) is 0 Å². The average Bonchev–Trinajstić information content (AvgIpc) is 3.72. The minimum atomic E-state index is -0.929. The summed E-state index contributed by atoms with van der Waals surface area (Å²) in [6.07, 6.45) is 4.74. The number of aromatic amines is 1. The van der Waals surface area contributed by atoms with E-state index in [4.69, 9.17) is 11.5 Å². The molecule has 0 spiro atoms. The van der Waals surface area contributed by atoms with Crippen molar-refractivity contribution in [2.45, 2.75) is 62.7 Å². The Balaban J connectivity index is 1.34. The fraction of sp³-hybridized carbons (Fsp3) is 0.400. The molecule has 3 heterocycles. The van der Waals surface area contributed by atoms with Crippen LogP contribution in [0, 0.1) is 0 Å². The zero-order valence-electron chi connectivity index (χ0n) is 22.4. The first kappa shape index (κ1) is 27.4. The summed E-state index contributed by atoms with van der Waals surface area (Å²) >= 11 is 0. The highest BCUT2D eigenvalue weighted by Gasteiger charge is 2.40. The first-order valence-corrected chi connectivity index (χ1v) is 13.9. The molecule has 3 aromatic rings. The van der Waals surface area contributed by atoms with Crippen LogP contribution in [0.15, 0.2) is 60.8 Å².